The minimum Gasteiger partial charge on any atom is -0.493 e. The molecule has 0 unspecified atom stereocenters. The van der Waals surface area contributed by atoms with Gasteiger partial charge in [0.15, 0.2) is 11.5 Å². The molecule has 166 valence electrons. The number of nitrogens with zero attached hydrogens (tertiary/aromatic N) is 2. The Bertz CT molecular complexity index is 1180. The van der Waals surface area contributed by atoms with Gasteiger partial charge in [0, 0.05) is 31.2 Å². The zero-order valence-electron chi connectivity index (χ0n) is 18.1. The summed E-state index contributed by atoms with van der Waals surface area (Å²) >= 11 is 0. The van der Waals surface area contributed by atoms with Crippen molar-refractivity contribution in [1.82, 2.24) is 4.98 Å². The highest BCUT2D eigenvalue weighted by Crippen LogP contribution is 2.37. The summed E-state index contributed by atoms with van der Waals surface area (Å²) in [6.45, 7) is 4.40. The van der Waals surface area contributed by atoms with Crippen LogP contribution < -0.4 is 14.2 Å². The summed E-state index contributed by atoms with van der Waals surface area (Å²) in [5.41, 5.74) is 1.73. The lowest BCUT2D eigenvalue weighted by atomic mass is 10.1. The number of hydrogen-bond donors (Lipinski definition) is 0. The first-order valence-electron chi connectivity index (χ1n) is 10.2. The summed E-state index contributed by atoms with van der Waals surface area (Å²) in [6.07, 6.45) is 1.64. The highest BCUT2D eigenvalue weighted by molar-refractivity contribution is 5.88. The molecular formula is C25H26N2O5. The lowest BCUT2D eigenvalue weighted by Crippen LogP contribution is -1.98. The molecule has 7 heteroatoms. The minimum absolute atomic E-state index is 0. The standard InChI is InChI=1S/C23H18N2O5.C2H6.H2/c1-28-22-13-19-20(14-23(22)29-15-16-5-3-2-4-6-16)24-12-11-21(19)30-18-9-7-17(8-10-18)25(26)27;1-2;/h2-14H,15H2,1H3;1-2H3;1H. The maximum atomic E-state index is 10.8. The highest BCUT2D eigenvalue weighted by Gasteiger charge is 2.13. The number of benzene rings is 3. The Labute approximate surface area is 187 Å². The molecule has 32 heavy (non-hydrogen) atoms. The highest BCUT2D eigenvalue weighted by atomic mass is 16.6. The number of nitro benzene ring substituents is 1. The molecule has 0 bridgehead atoms. The van der Waals surface area contributed by atoms with E-state index in [1.165, 1.54) is 12.1 Å². The van der Waals surface area contributed by atoms with Gasteiger partial charge in [-0.1, -0.05) is 44.2 Å². The molecule has 4 aromatic rings. The van der Waals surface area contributed by atoms with Gasteiger partial charge in [-0.25, -0.2) is 0 Å². The van der Waals surface area contributed by atoms with Crippen LogP contribution in [0.3, 0.4) is 0 Å². The van der Waals surface area contributed by atoms with Crippen molar-refractivity contribution in [2.75, 3.05) is 7.11 Å². The van der Waals surface area contributed by atoms with Gasteiger partial charge in [-0.2, -0.15) is 0 Å². The number of hydrogen-bond acceptors (Lipinski definition) is 6. The molecule has 1 aromatic heterocycles. The van der Waals surface area contributed by atoms with Crippen molar-refractivity contribution in [3.8, 4) is 23.0 Å². The number of pyridine rings is 1. The van der Waals surface area contributed by atoms with E-state index in [1.54, 1.807) is 37.6 Å². The molecular weight excluding hydrogens is 408 g/mol. The second-order valence-corrected chi connectivity index (χ2v) is 6.46. The maximum Gasteiger partial charge on any atom is 0.269 e. The fourth-order valence-electron chi connectivity index (χ4n) is 2.99. The van der Waals surface area contributed by atoms with Crippen LogP contribution in [-0.4, -0.2) is 17.0 Å². The van der Waals surface area contributed by atoms with E-state index in [-0.39, 0.29) is 7.11 Å². The third-order valence-corrected chi connectivity index (χ3v) is 4.50. The molecule has 0 fully saturated rings. The third kappa shape index (κ3) is 5.31. The Morgan fingerprint density at radius 2 is 1.66 bits per heavy atom. The van der Waals surface area contributed by atoms with Crippen LogP contribution in [0.25, 0.3) is 10.9 Å². The maximum absolute atomic E-state index is 10.8. The zero-order valence-corrected chi connectivity index (χ0v) is 18.1. The number of fused-ring (bicyclic) bond motifs is 1. The van der Waals surface area contributed by atoms with E-state index in [9.17, 15) is 10.1 Å². The van der Waals surface area contributed by atoms with Gasteiger partial charge < -0.3 is 14.2 Å². The third-order valence-electron chi connectivity index (χ3n) is 4.50. The molecule has 0 amide bonds. The Balaban J connectivity index is 0.00000125. The molecule has 0 N–H and O–H groups in total. The first kappa shape index (κ1) is 22.6. The summed E-state index contributed by atoms with van der Waals surface area (Å²) in [7, 11) is 1.57. The predicted molar refractivity (Wildman–Crippen MR) is 126 cm³/mol. The van der Waals surface area contributed by atoms with Crippen molar-refractivity contribution in [3.05, 3.63) is 94.7 Å². The van der Waals surface area contributed by atoms with Crippen LogP contribution in [0.1, 0.15) is 20.8 Å². The summed E-state index contributed by atoms with van der Waals surface area (Å²) in [6, 6.07) is 21.1. The van der Waals surface area contributed by atoms with Gasteiger partial charge in [-0.3, -0.25) is 15.1 Å². The van der Waals surface area contributed by atoms with Gasteiger partial charge in [-0.15, -0.1) is 0 Å². The van der Waals surface area contributed by atoms with Gasteiger partial charge >= 0.3 is 0 Å². The normalized spacial score (nSPS) is 10.1. The molecule has 0 aliphatic rings. The largest absolute Gasteiger partial charge is 0.493 e. The molecule has 0 radical (unpaired) electrons. The van der Waals surface area contributed by atoms with Crippen molar-refractivity contribution >= 4 is 16.6 Å². The number of methoxy groups -OCH3 is 1. The van der Waals surface area contributed by atoms with Crippen LogP contribution in [0, 0.1) is 10.1 Å². The van der Waals surface area contributed by atoms with Crippen molar-refractivity contribution in [2.24, 2.45) is 0 Å². The van der Waals surface area contributed by atoms with Crippen LogP contribution in [-0.2, 0) is 6.61 Å². The Morgan fingerprint density at radius 1 is 0.938 bits per heavy atom. The van der Waals surface area contributed by atoms with Crippen molar-refractivity contribution < 1.29 is 20.6 Å². The van der Waals surface area contributed by atoms with Crippen molar-refractivity contribution in [1.29, 1.82) is 0 Å². The average molecular weight is 434 g/mol. The number of rotatable bonds is 7. The first-order chi connectivity index (χ1) is 15.6. The summed E-state index contributed by atoms with van der Waals surface area (Å²) in [4.78, 5) is 14.8. The van der Waals surface area contributed by atoms with Gasteiger partial charge in [0.05, 0.1) is 17.5 Å². The summed E-state index contributed by atoms with van der Waals surface area (Å²) in [5.74, 6) is 2.17. The molecule has 1 heterocycles. The molecule has 0 saturated heterocycles. The van der Waals surface area contributed by atoms with E-state index in [2.05, 4.69) is 4.98 Å². The van der Waals surface area contributed by atoms with Crippen LogP contribution >= 0.6 is 0 Å². The molecule has 0 spiro atoms. The topological polar surface area (TPSA) is 83.7 Å². The fraction of sp³-hybridized carbons (Fsp3) is 0.160. The minimum atomic E-state index is -0.451. The van der Waals surface area contributed by atoms with E-state index in [4.69, 9.17) is 14.2 Å². The number of non-ortho nitro benzene ring substituents is 1. The number of ether oxygens (including phenoxy) is 3. The van der Waals surface area contributed by atoms with Gasteiger partial charge in [0.1, 0.15) is 18.1 Å². The number of aromatic nitrogens is 1. The van der Waals surface area contributed by atoms with E-state index in [0.29, 0.717) is 35.1 Å². The Morgan fingerprint density at radius 3 is 2.31 bits per heavy atom. The summed E-state index contributed by atoms with van der Waals surface area (Å²) < 4.78 is 17.4. The van der Waals surface area contributed by atoms with Crippen LogP contribution in [0.15, 0.2) is 79.0 Å². The second-order valence-electron chi connectivity index (χ2n) is 6.46. The second kappa shape index (κ2) is 10.8. The van der Waals surface area contributed by atoms with E-state index >= 15 is 0 Å². The SMILES string of the molecule is CC.COc1cc2c(Oc3ccc([N+](=O)[O-])cc3)ccnc2cc1OCc1ccccc1.[HH]. The Hall–Kier alpha value is -4.13. The first-order valence-corrected chi connectivity index (χ1v) is 10.2. The number of nitro groups is 1. The molecule has 0 aliphatic carbocycles. The van der Waals surface area contributed by atoms with Crippen LogP contribution in [0.2, 0.25) is 0 Å². The molecule has 7 nitrogen and oxygen atoms in total. The lowest BCUT2D eigenvalue weighted by molar-refractivity contribution is -0.384. The monoisotopic (exact) mass is 434 g/mol. The summed E-state index contributed by atoms with van der Waals surface area (Å²) in [5, 5.41) is 11.6. The quantitative estimate of drug-likeness (QED) is 0.235. The van der Waals surface area contributed by atoms with E-state index < -0.39 is 4.92 Å². The van der Waals surface area contributed by atoms with E-state index in [0.717, 1.165) is 10.9 Å². The van der Waals surface area contributed by atoms with Crippen molar-refractivity contribution in [3.63, 3.8) is 0 Å². The predicted octanol–water partition coefficient (Wildman–Crippen LogP) is 6.80. The zero-order chi connectivity index (χ0) is 22.9. The molecule has 0 atom stereocenters. The molecule has 0 aliphatic heterocycles. The van der Waals surface area contributed by atoms with Gasteiger partial charge in [0.2, 0.25) is 0 Å². The Kier molecular flexibility index (Phi) is 7.59. The smallest absolute Gasteiger partial charge is 0.269 e. The molecule has 3 aromatic carbocycles. The van der Waals surface area contributed by atoms with Gasteiger partial charge in [-0.05, 0) is 29.8 Å². The van der Waals surface area contributed by atoms with Crippen molar-refractivity contribution in [2.45, 2.75) is 20.5 Å². The molecule has 4 rings (SSSR count). The van der Waals surface area contributed by atoms with Crippen LogP contribution in [0.4, 0.5) is 5.69 Å². The van der Waals surface area contributed by atoms with Gasteiger partial charge in [0.25, 0.3) is 5.69 Å². The van der Waals surface area contributed by atoms with Crippen LogP contribution in [0.5, 0.6) is 23.0 Å². The fourth-order valence-corrected chi connectivity index (χ4v) is 2.99. The molecule has 0 saturated carbocycles. The lowest BCUT2D eigenvalue weighted by Gasteiger charge is -2.14. The average Bonchev–Trinajstić information content (AvgIpc) is 2.84. The van der Waals surface area contributed by atoms with E-state index in [1.807, 2.05) is 50.2 Å².